The van der Waals surface area contributed by atoms with Crippen LogP contribution in [0.5, 0.6) is 5.75 Å². The molecule has 2 aromatic carbocycles. The topological polar surface area (TPSA) is 94.6 Å². The third-order valence-electron chi connectivity index (χ3n) is 11.1. The average molecular weight is 685 g/mol. The lowest BCUT2D eigenvalue weighted by Crippen LogP contribution is -2.55. The van der Waals surface area contributed by atoms with E-state index >= 15 is 0 Å². The molecular weight excluding hydrogens is 628 g/mol. The molecule has 0 radical (unpaired) electrons. The van der Waals surface area contributed by atoms with E-state index in [0.29, 0.717) is 63.6 Å². The number of carbonyl (C=O) groups excluding carboxylic acids is 2. The molecule has 6 rings (SSSR count). The fourth-order valence-electron chi connectivity index (χ4n) is 8.35. The highest BCUT2D eigenvalue weighted by atomic mass is 16.5. The molecule has 3 atom stereocenters. The molecule has 2 saturated carbocycles. The molecule has 9 heteroatoms. The SMILES string of the molecule is C=CN(/C(=C(\C)C(=O)N1CCNC[C@H]1CCOc1ccc2c(c1)CCC(=O)N2CCCOC)c1ccccc1)[C@@H]1CCCC[C@@]1(O)CC1CC1. The van der Waals surface area contributed by atoms with Gasteiger partial charge in [0, 0.05) is 70.0 Å². The normalized spacial score (nSPS) is 24.3. The predicted octanol–water partition coefficient (Wildman–Crippen LogP) is 5.92. The molecule has 270 valence electrons. The van der Waals surface area contributed by atoms with Crippen molar-refractivity contribution in [1.29, 1.82) is 0 Å². The molecule has 2 heterocycles. The Kier molecular flexibility index (Phi) is 12.0. The quantitative estimate of drug-likeness (QED) is 0.178. The molecule has 3 fully saturated rings. The van der Waals surface area contributed by atoms with E-state index in [1.807, 2.05) is 53.3 Å². The summed E-state index contributed by atoms with van der Waals surface area (Å²) in [5.74, 6) is 1.54. The first-order valence-electron chi connectivity index (χ1n) is 18.8. The Labute approximate surface area is 298 Å². The summed E-state index contributed by atoms with van der Waals surface area (Å²) in [6.45, 7) is 9.95. The third-order valence-corrected chi connectivity index (χ3v) is 11.1. The van der Waals surface area contributed by atoms with E-state index in [1.165, 1.54) is 12.8 Å². The van der Waals surface area contributed by atoms with Crippen LogP contribution >= 0.6 is 0 Å². The number of carbonyl (C=O) groups is 2. The van der Waals surface area contributed by atoms with Crippen LogP contribution in [0.3, 0.4) is 0 Å². The monoisotopic (exact) mass is 684 g/mol. The number of benzene rings is 2. The van der Waals surface area contributed by atoms with Gasteiger partial charge in [0.1, 0.15) is 5.75 Å². The van der Waals surface area contributed by atoms with Gasteiger partial charge in [0.2, 0.25) is 5.91 Å². The molecule has 2 amide bonds. The fourth-order valence-corrected chi connectivity index (χ4v) is 8.35. The summed E-state index contributed by atoms with van der Waals surface area (Å²) in [5.41, 5.74) is 3.74. The minimum atomic E-state index is -0.805. The van der Waals surface area contributed by atoms with Crippen molar-refractivity contribution < 1.29 is 24.2 Å². The van der Waals surface area contributed by atoms with E-state index in [1.54, 1.807) is 7.11 Å². The molecule has 0 bridgehead atoms. The number of hydrogen-bond acceptors (Lipinski definition) is 7. The minimum Gasteiger partial charge on any atom is -0.494 e. The Morgan fingerprint density at radius 1 is 1.12 bits per heavy atom. The van der Waals surface area contributed by atoms with Gasteiger partial charge in [-0.1, -0.05) is 62.6 Å². The number of rotatable bonds is 15. The van der Waals surface area contributed by atoms with E-state index in [0.717, 1.165) is 73.3 Å². The van der Waals surface area contributed by atoms with E-state index in [-0.39, 0.29) is 23.9 Å². The van der Waals surface area contributed by atoms with Crippen LogP contribution in [0.1, 0.15) is 82.3 Å². The smallest absolute Gasteiger partial charge is 0.251 e. The molecule has 0 unspecified atom stereocenters. The summed E-state index contributed by atoms with van der Waals surface area (Å²) >= 11 is 0. The van der Waals surface area contributed by atoms with Crippen molar-refractivity contribution in [3.8, 4) is 5.75 Å². The molecule has 2 aliphatic heterocycles. The largest absolute Gasteiger partial charge is 0.494 e. The van der Waals surface area contributed by atoms with E-state index < -0.39 is 5.60 Å². The van der Waals surface area contributed by atoms with E-state index in [9.17, 15) is 14.7 Å². The van der Waals surface area contributed by atoms with Crippen LogP contribution in [0.2, 0.25) is 0 Å². The standard InChI is InChI=1S/C41H56N4O5/c1-4-43(37-13-8-9-21-41(37,48)28-31-14-15-31)39(32-11-6-5-7-12-32)30(2)40(47)44-24-22-42-29-34(44)20-26-50-35-17-18-36-33(27-35)16-19-38(46)45(36)23-10-25-49-3/h4-7,11-12,17-18,27,31,34,37,42,48H,1,8-10,13-16,19-26,28-29H2,2-3H3/b39-30+/t34-,37-,41-/m1/s1. The number of nitrogens with zero attached hydrogens (tertiary/aromatic N) is 3. The molecule has 9 nitrogen and oxygen atoms in total. The van der Waals surface area contributed by atoms with Crippen molar-refractivity contribution in [2.45, 2.75) is 95.2 Å². The van der Waals surface area contributed by atoms with Gasteiger partial charge in [-0.2, -0.15) is 0 Å². The summed E-state index contributed by atoms with van der Waals surface area (Å²) in [5, 5.41) is 15.6. The number of hydrogen-bond donors (Lipinski definition) is 2. The average Bonchev–Trinajstić information content (AvgIpc) is 3.95. The molecule has 0 aromatic heterocycles. The van der Waals surface area contributed by atoms with Crippen molar-refractivity contribution in [3.63, 3.8) is 0 Å². The van der Waals surface area contributed by atoms with Gasteiger partial charge < -0.3 is 34.6 Å². The van der Waals surface area contributed by atoms with Gasteiger partial charge in [-0.3, -0.25) is 9.59 Å². The van der Waals surface area contributed by atoms with Crippen LogP contribution in [0.4, 0.5) is 5.69 Å². The Bertz CT molecular complexity index is 1520. The van der Waals surface area contributed by atoms with Crippen molar-refractivity contribution in [1.82, 2.24) is 15.1 Å². The number of methoxy groups -OCH3 is 1. The lowest BCUT2D eigenvalue weighted by Gasteiger charge is -2.47. The second kappa shape index (κ2) is 16.6. The van der Waals surface area contributed by atoms with Crippen LogP contribution in [-0.4, -0.2) is 90.9 Å². The maximum atomic E-state index is 14.6. The highest BCUT2D eigenvalue weighted by molar-refractivity contribution is 6.00. The number of amides is 2. The minimum absolute atomic E-state index is 0.00996. The van der Waals surface area contributed by atoms with Crippen LogP contribution in [-0.2, 0) is 20.7 Å². The zero-order chi connectivity index (χ0) is 35.1. The third kappa shape index (κ3) is 8.27. The number of aryl methyl sites for hydroxylation is 1. The highest BCUT2D eigenvalue weighted by Crippen LogP contribution is 2.46. The summed E-state index contributed by atoms with van der Waals surface area (Å²) < 4.78 is 11.5. The first-order chi connectivity index (χ1) is 24.3. The van der Waals surface area contributed by atoms with Crippen LogP contribution in [0.15, 0.2) is 66.9 Å². The van der Waals surface area contributed by atoms with Gasteiger partial charge in [0.25, 0.3) is 5.91 Å². The molecular formula is C41H56N4O5. The van der Waals surface area contributed by atoms with Crippen molar-refractivity contribution >= 4 is 23.2 Å². The molecule has 2 N–H and O–H groups in total. The summed E-state index contributed by atoms with van der Waals surface area (Å²) in [4.78, 5) is 33.2. The highest BCUT2D eigenvalue weighted by Gasteiger charge is 2.46. The second-order valence-corrected chi connectivity index (χ2v) is 14.6. The Morgan fingerprint density at radius 3 is 2.70 bits per heavy atom. The van der Waals surface area contributed by atoms with Crippen LogP contribution in [0, 0.1) is 5.92 Å². The number of nitrogens with one attached hydrogen (secondary N) is 1. The maximum Gasteiger partial charge on any atom is 0.251 e. The number of piperazine rings is 1. The first-order valence-corrected chi connectivity index (χ1v) is 18.8. The van der Waals surface area contributed by atoms with Gasteiger partial charge in [0.15, 0.2) is 0 Å². The lowest BCUT2D eigenvalue weighted by molar-refractivity contribution is -0.130. The Balaban J connectivity index is 1.18. The van der Waals surface area contributed by atoms with Gasteiger partial charge in [0.05, 0.1) is 23.9 Å². The number of fused-ring (bicyclic) bond motifs is 1. The zero-order valence-electron chi connectivity index (χ0n) is 30.1. The zero-order valence-corrected chi connectivity index (χ0v) is 30.1. The van der Waals surface area contributed by atoms with E-state index in [4.69, 9.17) is 9.47 Å². The first kappa shape index (κ1) is 36.1. The summed E-state index contributed by atoms with van der Waals surface area (Å²) in [6, 6.07) is 16.0. The fraction of sp³-hybridized carbons (Fsp3) is 0.561. The Morgan fingerprint density at radius 2 is 1.94 bits per heavy atom. The van der Waals surface area contributed by atoms with Crippen molar-refractivity contribution in [2.75, 3.05) is 51.4 Å². The molecule has 4 aliphatic rings. The van der Waals surface area contributed by atoms with Gasteiger partial charge in [-0.15, -0.1) is 0 Å². The number of anilines is 1. The van der Waals surface area contributed by atoms with E-state index in [2.05, 4.69) is 35.0 Å². The molecule has 1 saturated heterocycles. The molecule has 0 spiro atoms. The van der Waals surface area contributed by atoms with Crippen molar-refractivity contribution in [2.24, 2.45) is 5.92 Å². The number of ether oxygens (including phenoxy) is 2. The van der Waals surface area contributed by atoms with Crippen molar-refractivity contribution in [3.05, 3.63) is 78.0 Å². The van der Waals surface area contributed by atoms with Crippen LogP contribution < -0.4 is 15.0 Å². The molecule has 2 aliphatic carbocycles. The molecule has 2 aromatic rings. The lowest BCUT2D eigenvalue weighted by atomic mass is 9.75. The summed E-state index contributed by atoms with van der Waals surface area (Å²) in [6.07, 6.45) is 11.4. The van der Waals surface area contributed by atoms with Gasteiger partial charge in [-0.25, -0.2) is 0 Å². The predicted molar refractivity (Wildman–Crippen MR) is 198 cm³/mol. The van der Waals surface area contributed by atoms with Gasteiger partial charge in [-0.05, 0) is 80.5 Å². The summed E-state index contributed by atoms with van der Waals surface area (Å²) in [7, 11) is 1.68. The number of aliphatic hydroxyl groups is 1. The molecule has 50 heavy (non-hydrogen) atoms. The second-order valence-electron chi connectivity index (χ2n) is 14.6. The Hall–Kier alpha value is -3.66. The maximum absolute atomic E-state index is 14.6. The van der Waals surface area contributed by atoms with Gasteiger partial charge >= 0.3 is 0 Å². The van der Waals surface area contributed by atoms with Crippen LogP contribution in [0.25, 0.3) is 5.70 Å².